The number of hydrogen-bond donors (Lipinski definition) is 2. The molecule has 1 fully saturated rings. The predicted molar refractivity (Wildman–Crippen MR) is 82.0 cm³/mol. The van der Waals surface area contributed by atoms with Crippen LogP contribution in [0.2, 0.25) is 0 Å². The van der Waals surface area contributed by atoms with Gasteiger partial charge in [0.15, 0.2) is 5.88 Å². The second-order valence-corrected chi connectivity index (χ2v) is 5.71. The lowest BCUT2D eigenvalue weighted by atomic mass is 9.95. The fourth-order valence-corrected chi connectivity index (χ4v) is 3.18. The van der Waals surface area contributed by atoms with Crippen molar-refractivity contribution in [1.29, 1.82) is 0 Å². The van der Waals surface area contributed by atoms with E-state index in [4.69, 9.17) is 0 Å². The molecule has 22 heavy (non-hydrogen) atoms. The van der Waals surface area contributed by atoms with Crippen molar-refractivity contribution in [2.24, 2.45) is 0 Å². The van der Waals surface area contributed by atoms with Crippen molar-refractivity contribution < 1.29 is 15.1 Å². The minimum Gasteiger partial charge on any atom is -0.494 e. The summed E-state index contributed by atoms with van der Waals surface area (Å²) in [5.41, 5.74) is 1.14. The first kappa shape index (κ1) is 14.4. The van der Waals surface area contributed by atoms with Crippen molar-refractivity contribution >= 4 is 5.69 Å². The zero-order valence-electron chi connectivity index (χ0n) is 12.1. The van der Waals surface area contributed by atoms with Crippen LogP contribution in [0.25, 0.3) is 11.1 Å². The van der Waals surface area contributed by atoms with E-state index in [9.17, 15) is 20.3 Å². The van der Waals surface area contributed by atoms with E-state index in [0.717, 1.165) is 25.7 Å². The van der Waals surface area contributed by atoms with Gasteiger partial charge in [0.2, 0.25) is 5.88 Å². The van der Waals surface area contributed by atoms with Crippen LogP contribution < -0.4 is 0 Å². The van der Waals surface area contributed by atoms with Gasteiger partial charge in [0.05, 0.1) is 4.92 Å². The van der Waals surface area contributed by atoms with E-state index in [1.807, 2.05) is 0 Å². The Labute approximate surface area is 127 Å². The molecule has 1 aliphatic rings. The maximum Gasteiger partial charge on any atom is 0.269 e. The number of nitro benzene ring substituents is 1. The monoisotopic (exact) mass is 302 g/mol. The lowest BCUT2D eigenvalue weighted by molar-refractivity contribution is -0.384. The Kier molecular flexibility index (Phi) is 3.75. The maximum absolute atomic E-state index is 10.7. The molecule has 3 rings (SSSR count). The number of aromatic hydroxyl groups is 2. The van der Waals surface area contributed by atoms with Crippen LogP contribution in [0.15, 0.2) is 30.3 Å². The summed E-state index contributed by atoms with van der Waals surface area (Å²) in [7, 11) is 0. The number of aromatic nitrogens is 1. The Morgan fingerprint density at radius 3 is 2.32 bits per heavy atom. The molecule has 0 saturated heterocycles. The molecule has 0 aliphatic heterocycles. The molecule has 0 atom stereocenters. The van der Waals surface area contributed by atoms with Crippen LogP contribution in [-0.2, 0) is 0 Å². The maximum atomic E-state index is 10.7. The van der Waals surface area contributed by atoms with Gasteiger partial charge in [-0.05, 0) is 30.5 Å². The first-order valence-corrected chi connectivity index (χ1v) is 7.46. The quantitative estimate of drug-likeness (QED) is 0.663. The van der Waals surface area contributed by atoms with E-state index in [1.165, 1.54) is 24.6 Å². The van der Waals surface area contributed by atoms with Crippen molar-refractivity contribution in [3.05, 3.63) is 40.4 Å². The van der Waals surface area contributed by atoms with Crippen LogP contribution in [-0.4, -0.2) is 19.7 Å². The molecule has 1 aromatic heterocycles. The first-order valence-electron chi connectivity index (χ1n) is 7.46. The smallest absolute Gasteiger partial charge is 0.269 e. The van der Waals surface area contributed by atoms with Gasteiger partial charge in [-0.3, -0.25) is 14.7 Å². The average molecular weight is 302 g/mol. The first-order chi connectivity index (χ1) is 10.6. The Balaban J connectivity index is 1.96. The van der Waals surface area contributed by atoms with Gasteiger partial charge in [-0.2, -0.15) is 0 Å². The molecule has 1 aliphatic carbocycles. The van der Waals surface area contributed by atoms with E-state index in [-0.39, 0.29) is 23.5 Å². The number of rotatable bonds is 3. The molecule has 0 amide bonds. The van der Waals surface area contributed by atoms with Crippen molar-refractivity contribution in [3.8, 4) is 22.9 Å². The highest BCUT2D eigenvalue weighted by molar-refractivity contribution is 5.71. The molecule has 116 valence electrons. The van der Waals surface area contributed by atoms with Gasteiger partial charge in [0, 0.05) is 29.8 Å². The van der Waals surface area contributed by atoms with Crippen molar-refractivity contribution in [2.45, 2.75) is 38.1 Å². The van der Waals surface area contributed by atoms with Gasteiger partial charge in [-0.25, -0.2) is 0 Å². The average Bonchev–Trinajstić information content (AvgIpc) is 2.83. The fraction of sp³-hybridized carbons (Fsp3) is 0.375. The molecule has 1 saturated carbocycles. The molecule has 6 heteroatoms. The van der Waals surface area contributed by atoms with Crippen LogP contribution in [0.3, 0.4) is 0 Å². The molecule has 0 unspecified atom stereocenters. The van der Waals surface area contributed by atoms with Crippen molar-refractivity contribution in [1.82, 2.24) is 4.57 Å². The van der Waals surface area contributed by atoms with Crippen LogP contribution in [0.1, 0.15) is 38.1 Å². The van der Waals surface area contributed by atoms with Crippen LogP contribution in [0.5, 0.6) is 11.8 Å². The molecular formula is C16H18N2O4. The SMILES string of the molecule is O=[N+]([O-])c1ccc(-c2cc(O)n(C3CCCCC3)c2O)cc1. The Morgan fingerprint density at radius 1 is 1.09 bits per heavy atom. The molecule has 0 radical (unpaired) electrons. The lowest BCUT2D eigenvalue weighted by Gasteiger charge is -2.24. The largest absolute Gasteiger partial charge is 0.494 e. The summed E-state index contributed by atoms with van der Waals surface area (Å²) in [4.78, 5) is 10.2. The molecule has 2 aromatic rings. The summed E-state index contributed by atoms with van der Waals surface area (Å²) in [5, 5.41) is 31.3. The molecule has 0 bridgehead atoms. The van der Waals surface area contributed by atoms with Crippen molar-refractivity contribution in [2.75, 3.05) is 0 Å². The number of non-ortho nitro benzene ring substituents is 1. The summed E-state index contributed by atoms with van der Waals surface area (Å²) in [6, 6.07) is 7.58. The molecular weight excluding hydrogens is 284 g/mol. The highest BCUT2D eigenvalue weighted by Gasteiger charge is 2.24. The van der Waals surface area contributed by atoms with Crippen LogP contribution in [0, 0.1) is 10.1 Å². The van der Waals surface area contributed by atoms with E-state index in [0.29, 0.717) is 11.1 Å². The van der Waals surface area contributed by atoms with Crippen LogP contribution >= 0.6 is 0 Å². The molecule has 6 nitrogen and oxygen atoms in total. The van der Waals surface area contributed by atoms with Crippen LogP contribution in [0.4, 0.5) is 5.69 Å². The van der Waals surface area contributed by atoms with Crippen molar-refractivity contribution in [3.63, 3.8) is 0 Å². The second kappa shape index (κ2) is 5.71. The van der Waals surface area contributed by atoms with Gasteiger partial charge in [-0.15, -0.1) is 0 Å². The van der Waals surface area contributed by atoms with E-state index in [2.05, 4.69) is 0 Å². The molecule has 2 N–H and O–H groups in total. The Hall–Kier alpha value is -2.50. The summed E-state index contributed by atoms with van der Waals surface area (Å²) in [6.07, 6.45) is 5.25. The van der Waals surface area contributed by atoms with Gasteiger partial charge < -0.3 is 10.2 Å². The summed E-state index contributed by atoms with van der Waals surface area (Å²) in [5.74, 6) is 0.0657. The van der Waals surface area contributed by atoms with Gasteiger partial charge in [-0.1, -0.05) is 19.3 Å². The third kappa shape index (κ3) is 2.52. The minimum atomic E-state index is -0.464. The number of benzene rings is 1. The molecule has 1 heterocycles. The van der Waals surface area contributed by atoms with Gasteiger partial charge in [0.1, 0.15) is 0 Å². The number of hydrogen-bond acceptors (Lipinski definition) is 4. The van der Waals surface area contributed by atoms with E-state index in [1.54, 1.807) is 16.7 Å². The summed E-state index contributed by atoms with van der Waals surface area (Å²) >= 11 is 0. The normalized spacial score (nSPS) is 15.8. The zero-order valence-corrected chi connectivity index (χ0v) is 12.1. The standard InChI is InChI=1S/C16H18N2O4/c19-15-10-14(11-6-8-13(9-7-11)18(21)22)16(20)17(15)12-4-2-1-3-5-12/h6-10,12,19-20H,1-5H2. The summed E-state index contributed by atoms with van der Waals surface area (Å²) in [6.45, 7) is 0. The Morgan fingerprint density at radius 2 is 1.73 bits per heavy atom. The zero-order chi connectivity index (χ0) is 15.7. The fourth-order valence-electron chi connectivity index (χ4n) is 3.18. The topological polar surface area (TPSA) is 88.5 Å². The summed E-state index contributed by atoms with van der Waals surface area (Å²) < 4.78 is 1.58. The van der Waals surface area contributed by atoms with Gasteiger partial charge in [0.25, 0.3) is 5.69 Å². The number of nitro groups is 1. The van der Waals surface area contributed by atoms with E-state index < -0.39 is 4.92 Å². The second-order valence-electron chi connectivity index (χ2n) is 5.71. The molecule has 0 spiro atoms. The number of nitrogens with zero attached hydrogens (tertiary/aromatic N) is 2. The van der Waals surface area contributed by atoms with Gasteiger partial charge >= 0.3 is 0 Å². The highest BCUT2D eigenvalue weighted by Crippen LogP contribution is 2.42. The lowest BCUT2D eigenvalue weighted by Crippen LogP contribution is -2.11. The molecule has 1 aromatic carbocycles. The Bertz CT molecular complexity index is 685. The third-order valence-corrected chi connectivity index (χ3v) is 4.32. The minimum absolute atomic E-state index is 0.000764. The predicted octanol–water partition coefficient (Wildman–Crippen LogP) is 3.98. The highest BCUT2D eigenvalue weighted by atomic mass is 16.6. The third-order valence-electron chi connectivity index (χ3n) is 4.32. The van der Waals surface area contributed by atoms with E-state index >= 15 is 0 Å².